The van der Waals surface area contributed by atoms with Crippen molar-refractivity contribution in [2.24, 2.45) is 0 Å². The summed E-state index contributed by atoms with van der Waals surface area (Å²) in [6.07, 6.45) is 4.09. The molecule has 0 unspecified atom stereocenters. The quantitative estimate of drug-likeness (QED) is 0.861. The average molecular weight is 391 g/mol. The number of hydrogen-bond donors (Lipinski definition) is 1. The number of aromatic nitrogens is 2. The lowest BCUT2D eigenvalue weighted by atomic mass is 10.2. The molecule has 1 saturated heterocycles. The number of nitrogens with one attached hydrogen (secondary N) is 1. The Hall–Kier alpha value is -2.48. The van der Waals surface area contributed by atoms with Gasteiger partial charge in [-0.15, -0.1) is 0 Å². The molecule has 2 heterocycles. The molecule has 2 aromatic rings. The van der Waals surface area contributed by atoms with Crippen LogP contribution in [0.3, 0.4) is 0 Å². The topological polar surface area (TPSA) is 84.3 Å². The first-order chi connectivity index (χ1) is 11.5. The van der Waals surface area contributed by atoms with Gasteiger partial charge in [0.2, 0.25) is 11.8 Å². The Morgan fingerprint density at radius 2 is 2.17 bits per heavy atom. The molecule has 0 aliphatic carbocycles. The molecule has 2 amide bonds. The number of rotatable bonds is 4. The highest BCUT2D eigenvalue weighted by atomic mass is 79.9. The fraction of sp³-hybridized carbons (Fsp3) is 0.250. The summed E-state index contributed by atoms with van der Waals surface area (Å²) < 4.78 is 1.51. The van der Waals surface area contributed by atoms with Crippen LogP contribution in [0.15, 0.2) is 46.1 Å². The van der Waals surface area contributed by atoms with Gasteiger partial charge in [-0.1, -0.05) is 6.07 Å². The van der Waals surface area contributed by atoms with Crippen molar-refractivity contribution >= 4 is 39.1 Å². The van der Waals surface area contributed by atoms with Crippen LogP contribution in [-0.4, -0.2) is 27.9 Å². The SMILES string of the molecule is O=C(Cn1cncc(Br)c1=O)Nc1cccc(N2CCCC2=O)c1. The minimum Gasteiger partial charge on any atom is -0.324 e. The van der Waals surface area contributed by atoms with Crippen molar-refractivity contribution in [1.82, 2.24) is 9.55 Å². The van der Waals surface area contributed by atoms with Crippen molar-refractivity contribution in [1.29, 1.82) is 0 Å². The Morgan fingerprint density at radius 3 is 2.92 bits per heavy atom. The summed E-state index contributed by atoms with van der Waals surface area (Å²) in [4.78, 5) is 41.4. The second-order valence-electron chi connectivity index (χ2n) is 5.42. The molecule has 1 aromatic carbocycles. The number of halogens is 1. The van der Waals surface area contributed by atoms with Gasteiger partial charge in [0.05, 0.1) is 6.33 Å². The fourth-order valence-corrected chi connectivity index (χ4v) is 2.91. The van der Waals surface area contributed by atoms with Crippen molar-refractivity contribution in [2.75, 3.05) is 16.8 Å². The van der Waals surface area contributed by atoms with Gasteiger partial charge in [0, 0.05) is 30.5 Å². The van der Waals surface area contributed by atoms with E-state index in [1.807, 2.05) is 6.07 Å². The molecular weight excluding hydrogens is 376 g/mol. The summed E-state index contributed by atoms with van der Waals surface area (Å²) in [7, 11) is 0. The third-order valence-electron chi connectivity index (χ3n) is 3.69. The molecule has 1 aliphatic heterocycles. The van der Waals surface area contributed by atoms with Gasteiger partial charge in [-0.2, -0.15) is 0 Å². The maximum Gasteiger partial charge on any atom is 0.268 e. The monoisotopic (exact) mass is 390 g/mol. The zero-order valence-corrected chi connectivity index (χ0v) is 14.3. The zero-order valence-electron chi connectivity index (χ0n) is 12.7. The molecule has 1 fully saturated rings. The Bertz CT molecular complexity index is 849. The molecule has 1 aromatic heterocycles. The van der Waals surface area contributed by atoms with Gasteiger partial charge in [0.1, 0.15) is 11.0 Å². The van der Waals surface area contributed by atoms with E-state index in [9.17, 15) is 14.4 Å². The van der Waals surface area contributed by atoms with Crippen molar-refractivity contribution in [2.45, 2.75) is 19.4 Å². The van der Waals surface area contributed by atoms with Gasteiger partial charge in [-0.25, -0.2) is 4.98 Å². The van der Waals surface area contributed by atoms with Gasteiger partial charge >= 0.3 is 0 Å². The Morgan fingerprint density at radius 1 is 1.33 bits per heavy atom. The van der Waals surface area contributed by atoms with Crippen molar-refractivity contribution < 1.29 is 9.59 Å². The number of benzene rings is 1. The molecular formula is C16H15BrN4O3. The van der Waals surface area contributed by atoms with Crippen LogP contribution in [0.4, 0.5) is 11.4 Å². The van der Waals surface area contributed by atoms with E-state index in [4.69, 9.17) is 0 Å². The summed E-state index contributed by atoms with van der Waals surface area (Å²) >= 11 is 3.09. The largest absolute Gasteiger partial charge is 0.324 e. The molecule has 1 N–H and O–H groups in total. The van der Waals surface area contributed by atoms with E-state index in [2.05, 4.69) is 26.2 Å². The number of hydrogen-bond acceptors (Lipinski definition) is 4. The minimum atomic E-state index is -0.345. The third-order valence-corrected chi connectivity index (χ3v) is 4.23. The van der Waals surface area contributed by atoms with Crippen LogP contribution in [0.1, 0.15) is 12.8 Å². The number of anilines is 2. The van der Waals surface area contributed by atoms with Crippen LogP contribution in [0.2, 0.25) is 0 Å². The Kier molecular flexibility index (Phi) is 4.75. The van der Waals surface area contributed by atoms with Crippen molar-refractivity contribution in [3.8, 4) is 0 Å². The van der Waals surface area contributed by atoms with Crippen molar-refractivity contribution in [3.05, 3.63) is 51.6 Å². The standard InChI is InChI=1S/C16H15BrN4O3/c17-13-8-18-10-20(16(13)24)9-14(22)19-11-3-1-4-12(7-11)21-6-2-5-15(21)23/h1,3-4,7-8,10H,2,5-6,9H2,(H,19,22). The van der Waals surface area contributed by atoms with E-state index in [0.717, 1.165) is 12.1 Å². The zero-order chi connectivity index (χ0) is 17.1. The Balaban J connectivity index is 1.72. The van der Waals surface area contributed by atoms with Gasteiger partial charge in [0.25, 0.3) is 5.56 Å². The number of carbonyl (C=O) groups is 2. The first-order valence-electron chi connectivity index (χ1n) is 7.45. The molecule has 0 spiro atoms. The van der Waals surface area contributed by atoms with E-state index in [0.29, 0.717) is 23.1 Å². The normalized spacial score (nSPS) is 14.0. The van der Waals surface area contributed by atoms with E-state index >= 15 is 0 Å². The molecule has 7 nitrogen and oxygen atoms in total. The van der Waals surface area contributed by atoms with E-state index in [1.54, 1.807) is 23.1 Å². The first-order valence-corrected chi connectivity index (χ1v) is 8.24. The molecule has 0 bridgehead atoms. The second-order valence-corrected chi connectivity index (χ2v) is 6.28. The maximum atomic E-state index is 12.1. The summed E-state index contributed by atoms with van der Waals surface area (Å²) in [5.74, 6) is -0.257. The van der Waals surface area contributed by atoms with Gasteiger partial charge in [-0.3, -0.25) is 19.0 Å². The van der Waals surface area contributed by atoms with Crippen LogP contribution in [0, 0.1) is 0 Å². The van der Waals surface area contributed by atoms with Gasteiger partial charge in [0.15, 0.2) is 0 Å². The summed E-state index contributed by atoms with van der Waals surface area (Å²) in [5, 5.41) is 2.74. The molecule has 0 radical (unpaired) electrons. The van der Waals surface area contributed by atoms with E-state index in [-0.39, 0.29) is 23.9 Å². The van der Waals surface area contributed by atoms with Gasteiger partial charge in [-0.05, 0) is 40.5 Å². The average Bonchev–Trinajstić information content (AvgIpc) is 2.98. The highest BCUT2D eigenvalue weighted by molar-refractivity contribution is 9.10. The second kappa shape index (κ2) is 6.96. The highest BCUT2D eigenvalue weighted by Gasteiger charge is 2.21. The van der Waals surface area contributed by atoms with Crippen LogP contribution < -0.4 is 15.8 Å². The summed E-state index contributed by atoms with van der Waals surface area (Å²) in [5.41, 5.74) is 1.02. The predicted molar refractivity (Wildman–Crippen MR) is 92.9 cm³/mol. The number of nitrogens with zero attached hydrogens (tertiary/aromatic N) is 3. The molecule has 0 atom stereocenters. The van der Waals surface area contributed by atoms with Gasteiger partial charge < -0.3 is 10.2 Å². The highest BCUT2D eigenvalue weighted by Crippen LogP contribution is 2.24. The van der Waals surface area contributed by atoms with Crippen LogP contribution in [0.5, 0.6) is 0 Å². The smallest absolute Gasteiger partial charge is 0.268 e. The first kappa shape index (κ1) is 16.4. The third kappa shape index (κ3) is 3.53. The summed E-state index contributed by atoms with van der Waals surface area (Å²) in [6.45, 7) is 0.549. The van der Waals surface area contributed by atoms with E-state index in [1.165, 1.54) is 17.1 Å². The molecule has 124 valence electrons. The molecule has 3 rings (SSSR count). The number of amides is 2. The van der Waals surface area contributed by atoms with Crippen molar-refractivity contribution in [3.63, 3.8) is 0 Å². The maximum absolute atomic E-state index is 12.1. The van der Waals surface area contributed by atoms with Crippen LogP contribution in [0.25, 0.3) is 0 Å². The molecule has 24 heavy (non-hydrogen) atoms. The van der Waals surface area contributed by atoms with E-state index < -0.39 is 0 Å². The molecule has 0 saturated carbocycles. The summed E-state index contributed by atoms with van der Waals surface area (Å²) in [6, 6.07) is 7.11. The number of carbonyl (C=O) groups excluding carboxylic acids is 2. The lowest BCUT2D eigenvalue weighted by Crippen LogP contribution is -2.28. The van der Waals surface area contributed by atoms with Crippen LogP contribution in [-0.2, 0) is 16.1 Å². The fourth-order valence-electron chi connectivity index (χ4n) is 2.56. The molecule has 1 aliphatic rings. The van der Waals surface area contributed by atoms with Crippen LogP contribution >= 0.6 is 15.9 Å². The predicted octanol–water partition coefficient (Wildman–Crippen LogP) is 1.77. The minimum absolute atomic E-state index is 0.0882. The lowest BCUT2D eigenvalue weighted by Gasteiger charge is -2.16. The lowest BCUT2D eigenvalue weighted by molar-refractivity contribution is -0.117. The Labute approximate surface area is 146 Å². The molecule has 8 heteroatoms.